The van der Waals surface area contributed by atoms with Crippen molar-refractivity contribution in [3.63, 3.8) is 0 Å². The molecule has 1 aromatic rings. The van der Waals surface area contributed by atoms with Gasteiger partial charge in [0.05, 0.1) is 12.5 Å². The van der Waals surface area contributed by atoms with E-state index in [0.29, 0.717) is 30.8 Å². The van der Waals surface area contributed by atoms with Gasteiger partial charge in [-0.25, -0.2) is 4.79 Å². The summed E-state index contributed by atoms with van der Waals surface area (Å²) >= 11 is 0. The predicted octanol–water partition coefficient (Wildman–Crippen LogP) is 1.49. The number of ether oxygens (including phenoxy) is 1. The van der Waals surface area contributed by atoms with Crippen molar-refractivity contribution in [2.24, 2.45) is 0 Å². The number of nitrogens with one attached hydrogen (secondary N) is 1. The van der Waals surface area contributed by atoms with Gasteiger partial charge in [-0.3, -0.25) is 4.79 Å². The maximum atomic E-state index is 12.1. The number of esters is 1. The topological polar surface area (TPSA) is 84.9 Å². The number of amides is 1. The first-order valence-electron chi connectivity index (χ1n) is 7.99. The molecule has 2 N–H and O–H groups in total. The Morgan fingerprint density at radius 1 is 1.39 bits per heavy atom. The molecule has 2 rings (SSSR count). The minimum atomic E-state index is -1.19. The minimum Gasteiger partial charge on any atom is -0.534 e. The van der Waals surface area contributed by atoms with Crippen LogP contribution in [0.25, 0.3) is 0 Å². The van der Waals surface area contributed by atoms with E-state index >= 15 is 0 Å². The van der Waals surface area contributed by atoms with Gasteiger partial charge in [-0.05, 0) is 30.9 Å². The van der Waals surface area contributed by atoms with Crippen LogP contribution in [0.5, 0.6) is 5.75 Å². The molecule has 1 atom stereocenters. The molecule has 1 aromatic carbocycles. The van der Waals surface area contributed by atoms with Crippen molar-refractivity contribution in [3.05, 3.63) is 29.3 Å². The van der Waals surface area contributed by atoms with Gasteiger partial charge < -0.3 is 19.7 Å². The number of para-hydroxylation sites is 1. The second-order valence-corrected chi connectivity index (χ2v) is 5.57. The van der Waals surface area contributed by atoms with Crippen LogP contribution < -0.4 is 9.97 Å². The molecule has 23 heavy (non-hydrogen) atoms. The van der Waals surface area contributed by atoms with Gasteiger partial charge in [-0.2, -0.15) is 0 Å². The summed E-state index contributed by atoms with van der Waals surface area (Å²) < 4.78 is 10.6. The molecule has 6 nitrogen and oxygen atoms in total. The number of fused-ring (bicyclic) bond motifs is 1. The molecule has 1 heterocycles. The Labute approximate surface area is 136 Å². The van der Waals surface area contributed by atoms with Gasteiger partial charge in [0.25, 0.3) is 0 Å². The third kappa shape index (κ3) is 4.25. The van der Waals surface area contributed by atoms with E-state index in [2.05, 4.69) is 5.32 Å². The summed E-state index contributed by atoms with van der Waals surface area (Å²) in [5, 5.41) is 12.9. The number of hydrogen-bond acceptors (Lipinski definition) is 5. The summed E-state index contributed by atoms with van der Waals surface area (Å²) in [6, 6.07) is 5.17. The molecule has 0 saturated carbocycles. The Morgan fingerprint density at radius 3 is 2.87 bits per heavy atom. The fraction of sp³-hybridized carbons (Fsp3) is 0.500. The van der Waals surface area contributed by atoms with Crippen molar-refractivity contribution in [3.8, 4) is 5.75 Å². The van der Waals surface area contributed by atoms with Crippen LogP contribution in [0, 0.1) is 0 Å². The summed E-state index contributed by atoms with van der Waals surface area (Å²) in [6.07, 6.45) is 2.27. The van der Waals surface area contributed by atoms with Crippen molar-refractivity contribution in [1.29, 1.82) is 0 Å². The summed E-state index contributed by atoms with van der Waals surface area (Å²) in [6.45, 7) is 4.16. The zero-order valence-corrected chi connectivity index (χ0v) is 13.5. The van der Waals surface area contributed by atoms with Crippen LogP contribution in [-0.2, 0) is 16.0 Å². The van der Waals surface area contributed by atoms with Gasteiger partial charge in [0.2, 0.25) is 5.91 Å². The highest BCUT2D eigenvalue weighted by Crippen LogP contribution is 2.30. The van der Waals surface area contributed by atoms with Crippen LogP contribution in [-0.4, -0.2) is 36.6 Å². The molecule has 0 fully saturated rings. The van der Waals surface area contributed by atoms with Gasteiger partial charge in [0, 0.05) is 6.42 Å². The number of carbonyl (C=O) groups is 2. The minimum absolute atomic E-state index is 0.123. The fourth-order valence-corrected chi connectivity index (χ4v) is 2.49. The normalized spacial score (nSPS) is 16.3. The number of hydrogen-bond donors (Lipinski definition) is 2. The van der Waals surface area contributed by atoms with Gasteiger partial charge in [0.15, 0.2) is 0 Å². The van der Waals surface area contributed by atoms with Crippen LogP contribution in [0.15, 0.2) is 18.2 Å². The van der Waals surface area contributed by atoms with Gasteiger partial charge in [0.1, 0.15) is 11.3 Å². The molecule has 1 amide bonds. The van der Waals surface area contributed by atoms with E-state index < -0.39 is 19.0 Å². The Kier molecular flexibility index (Phi) is 6.04. The molecule has 0 aliphatic carbocycles. The average Bonchev–Trinajstić information content (AvgIpc) is 2.53. The molecule has 0 bridgehead atoms. The lowest BCUT2D eigenvalue weighted by atomic mass is 9.72. The molecule has 0 aromatic heterocycles. The maximum Gasteiger partial charge on any atom is 0.547 e. The third-order valence-corrected chi connectivity index (χ3v) is 3.60. The maximum absolute atomic E-state index is 12.1. The first-order chi connectivity index (χ1) is 11.1. The zero-order valence-electron chi connectivity index (χ0n) is 13.5. The van der Waals surface area contributed by atoms with Crippen LogP contribution in [0.1, 0.15) is 49.0 Å². The van der Waals surface area contributed by atoms with Crippen molar-refractivity contribution in [2.75, 3.05) is 6.61 Å². The van der Waals surface area contributed by atoms with Crippen molar-refractivity contribution in [1.82, 2.24) is 5.32 Å². The second kappa shape index (κ2) is 8.01. The standard InChI is InChI=1S/C16H22BNO5/c1-3-6-14(19)18-13-10-11-7-5-8-12(15(11)23-17(13)21)16(20)22-9-4-2/h5,7-8,13,21H,3-4,6,9-10H2,1-2H3,(H,18,19)/t13-/m0/s1. The Bertz CT molecular complexity index is 578. The van der Waals surface area contributed by atoms with E-state index in [0.717, 1.165) is 18.4 Å². The second-order valence-electron chi connectivity index (χ2n) is 5.57. The molecule has 124 valence electrons. The van der Waals surface area contributed by atoms with Gasteiger partial charge >= 0.3 is 13.1 Å². The highest BCUT2D eigenvalue weighted by Gasteiger charge is 2.37. The van der Waals surface area contributed by atoms with E-state index in [4.69, 9.17) is 9.39 Å². The Hall–Kier alpha value is -2.02. The molecule has 0 saturated heterocycles. The van der Waals surface area contributed by atoms with Crippen molar-refractivity contribution in [2.45, 2.75) is 45.5 Å². The fourth-order valence-electron chi connectivity index (χ4n) is 2.49. The van der Waals surface area contributed by atoms with Gasteiger partial charge in [-0.15, -0.1) is 0 Å². The summed E-state index contributed by atoms with van der Waals surface area (Å²) in [4.78, 5) is 23.8. The van der Waals surface area contributed by atoms with Crippen LogP contribution in [0.3, 0.4) is 0 Å². The molecule has 0 spiro atoms. The first kappa shape index (κ1) is 17.3. The lowest BCUT2D eigenvalue weighted by Gasteiger charge is -2.29. The quantitative estimate of drug-likeness (QED) is 0.613. The van der Waals surface area contributed by atoms with Crippen LogP contribution in [0.4, 0.5) is 0 Å². The monoisotopic (exact) mass is 319 g/mol. The van der Waals surface area contributed by atoms with Gasteiger partial charge in [-0.1, -0.05) is 26.0 Å². The highest BCUT2D eigenvalue weighted by molar-refractivity contribution is 6.47. The first-order valence-corrected chi connectivity index (χ1v) is 7.99. The largest absolute Gasteiger partial charge is 0.547 e. The highest BCUT2D eigenvalue weighted by atomic mass is 16.5. The lowest BCUT2D eigenvalue weighted by Crippen LogP contribution is -2.53. The Balaban J connectivity index is 2.15. The predicted molar refractivity (Wildman–Crippen MR) is 86.2 cm³/mol. The molecule has 0 unspecified atom stereocenters. The third-order valence-electron chi connectivity index (χ3n) is 3.60. The van der Waals surface area contributed by atoms with Crippen molar-refractivity contribution >= 4 is 19.0 Å². The number of carbonyl (C=O) groups excluding carboxylic acids is 2. The van der Waals surface area contributed by atoms with Crippen LogP contribution >= 0.6 is 0 Å². The van der Waals surface area contributed by atoms with Crippen LogP contribution in [0.2, 0.25) is 0 Å². The summed E-state index contributed by atoms with van der Waals surface area (Å²) in [5.41, 5.74) is 1.07. The smallest absolute Gasteiger partial charge is 0.534 e. The molecule has 1 aliphatic rings. The molecular formula is C16H22BNO5. The molecule has 7 heteroatoms. The average molecular weight is 319 g/mol. The van der Waals surface area contributed by atoms with E-state index in [1.54, 1.807) is 12.1 Å². The SMILES string of the molecule is CCCOC(=O)c1cccc2c1OB(O)[C@@H](NC(=O)CCC)C2. The molecule has 1 aliphatic heterocycles. The number of benzene rings is 1. The lowest BCUT2D eigenvalue weighted by molar-refractivity contribution is -0.121. The summed E-state index contributed by atoms with van der Waals surface area (Å²) in [7, 11) is -1.19. The molecule has 0 radical (unpaired) electrons. The summed E-state index contributed by atoms with van der Waals surface area (Å²) in [5.74, 6) is -0.781. The number of rotatable bonds is 6. The Morgan fingerprint density at radius 2 is 2.17 bits per heavy atom. The zero-order chi connectivity index (χ0) is 16.8. The van der Waals surface area contributed by atoms with E-state index in [1.165, 1.54) is 0 Å². The van der Waals surface area contributed by atoms with E-state index in [9.17, 15) is 14.6 Å². The van der Waals surface area contributed by atoms with E-state index in [-0.39, 0.29) is 5.91 Å². The van der Waals surface area contributed by atoms with Crippen molar-refractivity contribution < 1.29 is 24.0 Å². The van der Waals surface area contributed by atoms with E-state index in [1.807, 2.05) is 19.9 Å². The molecular weight excluding hydrogens is 297 g/mol.